The van der Waals surface area contributed by atoms with E-state index in [9.17, 15) is 0 Å². The van der Waals surface area contributed by atoms with Gasteiger partial charge in [-0.2, -0.15) is 0 Å². The zero-order valence-corrected chi connectivity index (χ0v) is 6.65. The summed E-state index contributed by atoms with van der Waals surface area (Å²) in [7, 11) is 1.83. The summed E-state index contributed by atoms with van der Waals surface area (Å²) in [6, 6.07) is 1.91. The minimum atomic E-state index is 0.831. The fourth-order valence-corrected chi connectivity index (χ4v) is 1.02. The predicted molar refractivity (Wildman–Crippen MR) is 46.9 cm³/mol. The van der Waals surface area contributed by atoms with Gasteiger partial charge in [0.25, 0.3) is 0 Å². The summed E-state index contributed by atoms with van der Waals surface area (Å²) in [6.45, 7) is 0. The Hall–Kier alpha value is -1.71. The van der Waals surface area contributed by atoms with E-state index >= 15 is 0 Å². The van der Waals surface area contributed by atoms with Crippen LogP contribution in [0.5, 0.6) is 0 Å². The van der Waals surface area contributed by atoms with Gasteiger partial charge in [0, 0.05) is 18.6 Å². The highest BCUT2D eigenvalue weighted by Crippen LogP contribution is 2.11. The van der Waals surface area contributed by atoms with Gasteiger partial charge in [-0.3, -0.25) is 0 Å². The van der Waals surface area contributed by atoms with Gasteiger partial charge < -0.3 is 5.32 Å². The fraction of sp³-hybridized carbons (Fsp3) is 0.125. The largest absolute Gasteiger partial charge is 0.373 e. The average molecular weight is 160 g/mol. The van der Waals surface area contributed by atoms with E-state index in [1.165, 1.54) is 6.33 Å². The number of nitrogens with one attached hydrogen (secondary N) is 1. The van der Waals surface area contributed by atoms with E-state index in [4.69, 9.17) is 0 Å². The Kier molecular flexibility index (Phi) is 1.59. The molecule has 0 unspecified atom stereocenters. The van der Waals surface area contributed by atoms with Crippen molar-refractivity contribution in [2.24, 2.45) is 0 Å². The normalized spacial score (nSPS) is 10.1. The minimum Gasteiger partial charge on any atom is -0.373 e. The number of hydrogen-bond acceptors (Lipinski definition) is 4. The Morgan fingerprint density at radius 1 is 1.25 bits per heavy atom. The van der Waals surface area contributed by atoms with Crippen molar-refractivity contribution in [3.8, 4) is 0 Å². The van der Waals surface area contributed by atoms with E-state index < -0.39 is 0 Å². The van der Waals surface area contributed by atoms with E-state index in [1.807, 2.05) is 13.1 Å². The second-order valence-corrected chi connectivity index (χ2v) is 2.40. The molecule has 0 aliphatic heterocycles. The van der Waals surface area contributed by atoms with E-state index in [2.05, 4.69) is 20.3 Å². The maximum absolute atomic E-state index is 4.12. The minimum absolute atomic E-state index is 0.831. The number of anilines is 1. The highest BCUT2D eigenvalue weighted by Gasteiger charge is 1.95. The number of rotatable bonds is 1. The monoisotopic (exact) mass is 160 g/mol. The summed E-state index contributed by atoms with van der Waals surface area (Å²) in [5, 5.41) is 3.95. The second kappa shape index (κ2) is 2.73. The van der Waals surface area contributed by atoms with Crippen LogP contribution in [-0.4, -0.2) is 22.0 Å². The summed E-state index contributed by atoms with van der Waals surface area (Å²) in [5.74, 6) is 0.831. The van der Waals surface area contributed by atoms with Gasteiger partial charge in [0.15, 0.2) is 0 Å². The van der Waals surface area contributed by atoms with Crippen molar-refractivity contribution < 1.29 is 0 Å². The van der Waals surface area contributed by atoms with Crippen LogP contribution >= 0.6 is 0 Å². The van der Waals surface area contributed by atoms with Crippen molar-refractivity contribution in [1.29, 1.82) is 0 Å². The first-order chi connectivity index (χ1) is 5.90. The van der Waals surface area contributed by atoms with E-state index in [0.29, 0.717) is 0 Å². The molecule has 0 atom stereocenters. The quantitative estimate of drug-likeness (QED) is 0.677. The van der Waals surface area contributed by atoms with Crippen LogP contribution in [0.2, 0.25) is 0 Å². The van der Waals surface area contributed by atoms with Crippen molar-refractivity contribution in [1.82, 2.24) is 15.0 Å². The summed E-state index contributed by atoms with van der Waals surface area (Å²) < 4.78 is 0. The lowest BCUT2D eigenvalue weighted by Crippen LogP contribution is -1.92. The molecule has 1 N–H and O–H groups in total. The molecule has 60 valence electrons. The Morgan fingerprint density at radius 2 is 2.17 bits per heavy atom. The van der Waals surface area contributed by atoms with Crippen molar-refractivity contribution in [2.45, 2.75) is 0 Å². The summed E-state index contributed by atoms with van der Waals surface area (Å²) in [6.07, 6.45) is 5.01. The van der Waals surface area contributed by atoms with Gasteiger partial charge in [-0.1, -0.05) is 0 Å². The third-order valence-corrected chi connectivity index (χ3v) is 1.65. The summed E-state index contributed by atoms with van der Waals surface area (Å²) >= 11 is 0. The fourth-order valence-electron chi connectivity index (χ4n) is 1.02. The lowest BCUT2D eigenvalue weighted by atomic mass is 10.3. The average Bonchev–Trinajstić information content (AvgIpc) is 2.17. The lowest BCUT2D eigenvalue weighted by molar-refractivity contribution is 1.20. The van der Waals surface area contributed by atoms with Gasteiger partial charge in [0.05, 0.1) is 11.7 Å². The zero-order valence-electron chi connectivity index (χ0n) is 6.65. The van der Waals surface area contributed by atoms with Crippen LogP contribution in [-0.2, 0) is 0 Å². The van der Waals surface area contributed by atoms with Crippen LogP contribution in [0.15, 0.2) is 24.8 Å². The van der Waals surface area contributed by atoms with Crippen molar-refractivity contribution in [2.75, 3.05) is 12.4 Å². The van der Waals surface area contributed by atoms with Crippen molar-refractivity contribution in [3.63, 3.8) is 0 Å². The Morgan fingerprint density at radius 3 is 3.00 bits per heavy atom. The van der Waals surface area contributed by atoms with Gasteiger partial charge in [-0.05, 0) is 6.07 Å². The molecule has 0 aliphatic carbocycles. The molecule has 0 aliphatic rings. The number of nitrogens with zero attached hydrogens (tertiary/aromatic N) is 3. The molecule has 0 radical (unpaired) electrons. The zero-order chi connectivity index (χ0) is 8.39. The molecule has 0 amide bonds. The van der Waals surface area contributed by atoms with Crippen molar-refractivity contribution >= 4 is 16.7 Å². The van der Waals surface area contributed by atoms with Crippen molar-refractivity contribution in [3.05, 3.63) is 24.8 Å². The Bertz CT molecular complexity index is 399. The molecule has 0 fully saturated rings. The van der Waals surface area contributed by atoms with Gasteiger partial charge in [0.2, 0.25) is 0 Å². The maximum Gasteiger partial charge on any atom is 0.126 e. The summed E-state index contributed by atoms with van der Waals surface area (Å²) in [4.78, 5) is 12.1. The van der Waals surface area contributed by atoms with E-state index in [0.717, 1.165) is 16.7 Å². The molecule has 0 saturated carbocycles. The molecule has 4 nitrogen and oxygen atoms in total. The topological polar surface area (TPSA) is 50.7 Å². The molecule has 0 spiro atoms. The molecule has 0 saturated heterocycles. The number of fused-ring (bicyclic) bond motifs is 1. The molecule has 4 heteroatoms. The van der Waals surface area contributed by atoms with Crippen LogP contribution in [0.1, 0.15) is 0 Å². The SMILES string of the molecule is CNc1cc2cncnc2cn1. The predicted octanol–water partition coefficient (Wildman–Crippen LogP) is 1.07. The van der Waals surface area contributed by atoms with Gasteiger partial charge in [0.1, 0.15) is 12.1 Å². The Labute approximate surface area is 69.7 Å². The molecule has 0 bridgehead atoms. The Balaban J connectivity index is 2.67. The van der Waals surface area contributed by atoms with Crippen LogP contribution in [0, 0.1) is 0 Å². The smallest absolute Gasteiger partial charge is 0.126 e. The molecule has 2 rings (SSSR count). The number of aromatic nitrogens is 3. The van der Waals surface area contributed by atoms with Crippen LogP contribution in [0.4, 0.5) is 5.82 Å². The third kappa shape index (κ3) is 1.07. The first-order valence-corrected chi connectivity index (χ1v) is 3.63. The standard InChI is InChI=1S/C8H8N4/c1-9-8-2-6-3-10-5-12-7(6)4-11-8/h2-5H,1H3,(H,9,11). The van der Waals surface area contributed by atoms with Gasteiger partial charge >= 0.3 is 0 Å². The first-order valence-electron chi connectivity index (χ1n) is 3.63. The van der Waals surface area contributed by atoms with Gasteiger partial charge in [-0.15, -0.1) is 0 Å². The molecule has 2 aromatic heterocycles. The molecule has 12 heavy (non-hydrogen) atoms. The molecule has 2 aromatic rings. The first kappa shape index (κ1) is 6.97. The van der Waals surface area contributed by atoms with Crippen LogP contribution in [0.25, 0.3) is 10.9 Å². The summed E-state index contributed by atoms with van der Waals surface area (Å²) in [5.41, 5.74) is 0.865. The molecular formula is C8H8N4. The second-order valence-electron chi connectivity index (χ2n) is 2.40. The van der Waals surface area contributed by atoms with E-state index in [-0.39, 0.29) is 0 Å². The third-order valence-electron chi connectivity index (χ3n) is 1.65. The maximum atomic E-state index is 4.12. The van der Waals surface area contributed by atoms with Crippen LogP contribution < -0.4 is 5.32 Å². The molecule has 0 aromatic carbocycles. The van der Waals surface area contributed by atoms with Crippen LogP contribution in [0.3, 0.4) is 0 Å². The highest BCUT2D eigenvalue weighted by atomic mass is 15.0. The van der Waals surface area contributed by atoms with E-state index in [1.54, 1.807) is 12.4 Å². The molecule has 2 heterocycles. The lowest BCUT2D eigenvalue weighted by Gasteiger charge is -1.99. The highest BCUT2D eigenvalue weighted by molar-refractivity contribution is 5.78. The molecular weight excluding hydrogens is 152 g/mol. The van der Waals surface area contributed by atoms with Gasteiger partial charge in [-0.25, -0.2) is 15.0 Å². The number of pyridine rings is 1. The number of hydrogen-bond donors (Lipinski definition) is 1.